The van der Waals surface area contributed by atoms with Crippen LogP contribution in [0, 0.1) is 11.7 Å². The highest BCUT2D eigenvalue weighted by Crippen LogP contribution is 2.31. The zero-order valence-corrected chi connectivity index (χ0v) is 23.9. The lowest BCUT2D eigenvalue weighted by Crippen LogP contribution is -2.27. The Kier molecular flexibility index (Phi) is 13.6. The molecule has 0 N–H and O–H groups in total. The molecule has 3 rings (SSSR count). The van der Waals surface area contributed by atoms with Crippen LogP contribution in [0.1, 0.15) is 63.7 Å². The number of carbonyl (C=O) groups excluding carboxylic acids is 2. The molecule has 7 nitrogen and oxygen atoms in total. The first-order chi connectivity index (χ1) is 19.9. The summed E-state index contributed by atoms with van der Waals surface area (Å²) in [5, 5.41) is 0. The van der Waals surface area contributed by atoms with Crippen molar-refractivity contribution in [2.24, 2.45) is 5.92 Å². The smallest absolute Gasteiger partial charge is 0.333 e. The van der Waals surface area contributed by atoms with E-state index in [1.807, 2.05) is 30.3 Å². The number of hydrogen-bond acceptors (Lipinski definition) is 7. The largest absolute Gasteiger partial charge is 0.494 e. The molecule has 0 spiro atoms. The van der Waals surface area contributed by atoms with Gasteiger partial charge in [0.05, 0.1) is 33.0 Å². The van der Waals surface area contributed by atoms with Crippen molar-refractivity contribution in [3.63, 3.8) is 0 Å². The summed E-state index contributed by atoms with van der Waals surface area (Å²) in [6.07, 6.45) is 6.95. The Balaban J connectivity index is 1.35. The van der Waals surface area contributed by atoms with Gasteiger partial charge in [0.15, 0.2) is 6.29 Å². The third kappa shape index (κ3) is 11.1. The van der Waals surface area contributed by atoms with Gasteiger partial charge in [-0.05, 0) is 56.4 Å². The van der Waals surface area contributed by atoms with Crippen LogP contribution in [0.3, 0.4) is 0 Å². The minimum Gasteiger partial charge on any atom is -0.494 e. The van der Waals surface area contributed by atoms with Crippen LogP contribution < -0.4 is 4.74 Å². The van der Waals surface area contributed by atoms with Gasteiger partial charge in [-0.15, -0.1) is 0 Å². The molecule has 0 amide bonds. The summed E-state index contributed by atoms with van der Waals surface area (Å²) in [7, 11) is 0. The molecule has 222 valence electrons. The molecular formula is C33H41FO7. The second-order valence-corrected chi connectivity index (χ2v) is 10.2. The zero-order valence-electron chi connectivity index (χ0n) is 23.9. The third-order valence-electron chi connectivity index (χ3n) is 6.70. The van der Waals surface area contributed by atoms with E-state index in [1.165, 1.54) is 6.07 Å². The van der Waals surface area contributed by atoms with Gasteiger partial charge in [0, 0.05) is 28.7 Å². The van der Waals surface area contributed by atoms with E-state index in [-0.39, 0.29) is 11.8 Å². The second kappa shape index (κ2) is 17.4. The fraction of sp³-hybridized carbons (Fsp3) is 0.455. The molecule has 0 atom stereocenters. The van der Waals surface area contributed by atoms with Crippen LogP contribution in [0.15, 0.2) is 67.3 Å². The number of halogens is 1. The van der Waals surface area contributed by atoms with Gasteiger partial charge in [-0.1, -0.05) is 56.7 Å². The van der Waals surface area contributed by atoms with Gasteiger partial charge in [0.2, 0.25) is 0 Å². The molecule has 0 radical (unpaired) electrons. The van der Waals surface area contributed by atoms with Gasteiger partial charge < -0.3 is 23.7 Å². The Morgan fingerprint density at radius 1 is 0.927 bits per heavy atom. The van der Waals surface area contributed by atoms with Crippen LogP contribution in [0.2, 0.25) is 0 Å². The average Bonchev–Trinajstić information content (AvgIpc) is 2.98. The van der Waals surface area contributed by atoms with Crippen molar-refractivity contribution in [1.29, 1.82) is 0 Å². The summed E-state index contributed by atoms with van der Waals surface area (Å²) in [6, 6.07) is 12.3. The first kappa shape index (κ1) is 32.0. The van der Waals surface area contributed by atoms with E-state index in [4.69, 9.17) is 23.7 Å². The number of ether oxygens (including phenoxy) is 5. The third-order valence-corrected chi connectivity index (χ3v) is 6.70. The average molecular weight is 569 g/mol. The molecule has 0 unspecified atom stereocenters. The van der Waals surface area contributed by atoms with Crippen molar-refractivity contribution in [3.05, 3.63) is 78.7 Å². The Hall–Kier alpha value is -3.49. The van der Waals surface area contributed by atoms with Crippen molar-refractivity contribution in [2.75, 3.05) is 33.0 Å². The lowest BCUT2D eigenvalue weighted by Gasteiger charge is -2.29. The zero-order chi connectivity index (χ0) is 29.5. The highest BCUT2D eigenvalue weighted by Gasteiger charge is 2.24. The Labute approximate surface area is 242 Å². The summed E-state index contributed by atoms with van der Waals surface area (Å²) < 4.78 is 42.6. The first-order valence-electron chi connectivity index (χ1n) is 14.2. The molecule has 0 aromatic heterocycles. The number of benzene rings is 2. The van der Waals surface area contributed by atoms with Crippen LogP contribution in [0.4, 0.5) is 4.39 Å². The number of hydrogen-bond donors (Lipinski definition) is 0. The summed E-state index contributed by atoms with van der Waals surface area (Å²) in [4.78, 5) is 22.4. The Morgan fingerprint density at radius 2 is 1.59 bits per heavy atom. The van der Waals surface area contributed by atoms with Gasteiger partial charge in [-0.2, -0.15) is 0 Å². The van der Waals surface area contributed by atoms with Crippen molar-refractivity contribution in [3.8, 4) is 16.9 Å². The summed E-state index contributed by atoms with van der Waals surface area (Å²) in [5.41, 5.74) is 2.32. The molecule has 1 aliphatic rings. The highest BCUT2D eigenvalue weighted by atomic mass is 19.1. The van der Waals surface area contributed by atoms with E-state index in [9.17, 15) is 9.59 Å². The number of unbranched alkanes of at least 4 members (excludes halogenated alkanes) is 4. The van der Waals surface area contributed by atoms with Crippen molar-refractivity contribution in [1.82, 2.24) is 0 Å². The van der Waals surface area contributed by atoms with Gasteiger partial charge in [-0.25, -0.2) is 14.0 Å². The lowest BCUT2D eigenvalue weighted by atomic mass is 10.0. The van der Waals surface area contributed by atoms with Crippen LogP contribution in [-0.2, 0) is 28.5 Å². The molecule has 1 fully saturated rings. The van der Waals surface area contributed by atoms with Gasteiger partial charge in [-0.3, -0.25) is 0 Å². The maximum absolute atomic E-state index is 15.0. The monoisotopic (exact) mass is 568 g/mol. The summed E-state index contributed by atoms with van der Waals surface area (Å²) in [6.45, 7) is 11.0. The molecular weight excluding hydrogens is 527 g/mol. The molecule has 0 saturated carbocycles. The predicted molar refractivity (Wildman–Crippen MR) is 155 cm³/mol. The van der Waals surface area contributed by atoms with Crippen molar-refractivity contribution >= 4 is 11.9 Å². The standard InChI is InChI=1S/C33H41FO7/c1-4-31(35)38-19-10-9-18-37-28-15-12-26(13-16-28)29-17-14-27(21-30(29)34)33-40-22-25(23-41-33)11-7-5-6-8-20-39-32(36)24(2)3/h4,12-17,21,25,33H,1-2,5-11,18-20,22-23H2,3H3. The fourth-order valence-electron chi connectivity index (χ4n) is 4.35. The summed E-state index contributed by atoms with van der Waals surface area (Å²) in [5.74, 6) is -0.0936. The van der Waals surface area contributed by atoms with E-state index in [0.29, 0.717) is 67.8 Å². The fourth-order valence-corrected chi connectivity index (χ4v) is 4.35. The maximum Gasteiger partial charge on any atom is 0.333 e. The minimum absolute atomic E-state index is 0.312. The van der Waals surface area contributed by atoms with E-state index >= 15 is 4.39 Å². The van der Waals surface area contributed by atoms with Crippen LogP contribution in [0.25, 0.3) is 11.1 Å². The molecule has 2 aromatic rings. The second-order valence-electron chi connectivity index (χ2n) is 10.2. The highest BCUT2D eigenvalue weighted by molar-refractivity contribution is 5.86. The van der Waals surface area contributed by atoms with Gasteiger partial charge in [0.1, 0.15) is 11.6 Å². The van der Waals surface area contributed by atoms with Gasteiger partial charge >= 0.3 is 11.9 Å². The van der Waals surface area contributed by atoms with Crippen LogP contribution >= 0.6 is 0 Å². The minimum atomic E-state index is -0.575. The van der Waals surface area contributed by atoms with E-state index < -0.39 is 12.3 Å². The SMILES string of the molecule is C=CC(=O)OCCCCOc1ccc(-c2ccc(C3OCC(CCCCCCOC(=O)C(=C)C)CO3)cc2F)cc1. The molecule has 41 heavy (non-hydrogen) atoms. The Bertz CT molecular complexity index is 1140. The molecule has 8 heteroatoms. The molecule has 1 aliphatic heterocycles. The van der Waals surface area contributed by atoms with E-state index in [2.05, 4.69) is 13.2 Å². The number of rotatable bonds is 17. The predicted octanol–water partition coefficient (Wildman–Crippen LogP) is 7.11. The van der Waals surface area contributed by atoms with E-state index in [0.717, 1.165) is 50.2 Å². The Morgan fingerprint density at radius 3 is 2.27 bits per heavy atom. The number of carbonyl (C=O) groups is 2. The molecule has 1 heterocycles. The molecule has 0 bridgehead atoms. The number of esters is 2. The molecule has 2 aromatic carbocycles. The first-order valence-corrected chi connectivity index (χ1v) is 14.2. The lowest BCUT2D eigenvalue weighted by molar-refractivity contribution is -0.206. The molecule has 1 saturated heterocycles. The van der Waals surface area contributed by atoms with E-state index in [1.54, 1.807) is 13.0 Å². The molecule has 0 aliphatic carbocycles. The normalized spacial score (nSPS) is 16.5. The maximum atomic E-state index is 15.0. The van der Waals surface area contributed by atoms with Gasteiger partial charge in [0.25, 0.3) is 0 Å². The summed E-state index contributed by atoms with van der Waals surface area (Å²) >= 11 is 0. The topological polar surface area (TPSA) is 80.3 Å². The quantitative estimate of drug-likeness (QED) is 0.114. The van der Waals surface area contributed by atoms with Crippen molar-refractivity contribution in [2.45, 2.75) is 58.2 Å². The van der Waals surface area contributed by atoms with Crippen molar-refractivity contribution < 1.29 is 37.7 Å². The van der Waals surface area contributed by atoms with Crippen LogP contribution in [-0.4, -0.2) is 45.0 Å². The van der Waals surface area contributed by atoms with Crippen LogP contribution in [0.5, 0.6) is 5.75 Å².